The molecular formula is C103H222F10. The van der Waals surface area contributed by atoms with Crippen molar-refractivity contribution in [1.82, 2.24) is 0 Å². The van der Waals surface area contributed by atoms with Crippen LogP contribution in [0.15, 0.2) is 0 Å². The Balaban J connectivity index is -0.0000000893. The molecule has 0 saturated heterocycles. The van der Waals surface area contributed by atoms with Crippen molar-refractivity contribution in [3.63, 3.8) is 0 Å². The summed E-state index contributed by atoms with van der Waals surface area (Å²) in [6.07, 6.45) is 21.3. The third-order valence-corrected chi connectivity index (χ3v) is 28.4. The third kappa shape index (κ3) is 55.1. The smallest absolute Gasteiger partial charge is 0.115 e. The summed E-state index contributed by atoms with van der Waals surface area (Å²) < 4.78 is 138. The van der Waals surface area contributed by atoms with E-state index in [1.54, 1.807) is 69.2 Å². The average Bonchev–Trinajstić information content (AvgIpc) is 0.813. The summed E-state index contributed by atoms with van der Waals surface area (Å²) >= 11 is 0. The van der Waals surface area contributed by atoms with Gasteiger partial charge in [0.05, 0.1) is 0 Å². The second-order valence-corrected chi connectivity index (χ2v) is 39.1. The normalized spacial score (nSPS) is 16.2. The van der Waals surface area contributed by atoms with E-state index in [1.807, 2.05) is 118 Å². The fourth-order valence-electron chi connectivity index (χ4n) is 16.7. The van der Waals surface area contributed by atoms with Gasteiger partial charge < -0.3 is 0 Å². The predicted molar refractivity (Wildman–Crippen MR) is 505 cm³/mol. The van der Waals surface area contributed by atoms with Crippen molar-refractivity contribution in [3.05, 3.63) is 0 Å². The average molecular weight is 1650 g/mol. The molecule has 0 rings (SSSR count). The molecule has 0 unspecified atom stereocenters. The Morgan fingerprint density at radius 2 is 0.442 bits per heavy atom. The van der Waals surface area contributed by atoms with Crippen LogP contribution in [-0.2, 0) is 0 Å². The van der Waals surface area contributed by atoms with E-state index in [1.165, 1.54) is 0 Å². The van der Waals surface area contributed by atoms with E-state index in [0.717, 1.165) is 109 Å². The van der Waals surface area contributed by atoms with E-state index in [0.29, 0.717) is 75.0 Å². The van der Waals surface area contributed by atoms with Crippen molar-refractivity contribution in [2.75, 3.05) is 0 Å². The molecule has 0 aliphatic rings. The molecule has 10 heteroatoms. The summed E-state index contributed by atoms with van der Waals surface area (Å²) in [4.78, 5) is 0. The molecule has 0 nitrogen and oxygen atoms in total. The van der Waals surface area contributed by atoms with Crippen LogP contribution in [0.1, 0.15) is 522 Å². The van der Waals surface area contributed by atoms with Crippen LogP contribution in [0.2, 0.25) is 0 Å². The number of hydrogen-bond donors (Lipinski definition) is 0. The number of hydrogen-bond acceptors (Lipinski definition) is 0. The number of halogens is 10. The Hall–Kier alpha value is -0.700. The minimum atomic E-state index is -1.05. The topological polar surface area (TPSA) is 0 Å². The molecule has 0 N–H and O–H groups in total. The summed E-state index contributed by atoms with van der Waals surface area (Å²) in [5.41, 5.74) is -10.2. The summed E-state index contributed by atoms with van der Waals surface area (Å²) in [6.45, 7) is 96.6. The molecule has 113 heavy (non-hydrogen) atoms. The Kier molecular flexibility index (Phi) is 84.7. The van der Waals surface area contributed by atoms with E-state index in [9.17, 15) is 43.9 Å². The molecule has 0 saturated carbocycles. The number of alkyl halides is 10. The molecule has 0 aromatic rings. The van der Waals surface area contributed by atoms with Crippen LogP contribution in [0.25, 0.3) is 0 Å². The first kappa shape index (κ1) is 141. The SMILES string of the molecule is C.C.C.CC(C)C(C)(F)C(C)C.CCC(C)(CC)[C@@](C)(F)C(C)C.CCC(C)(CC)[C@@](C)(F)CC.CCC(CC)[C@@](C)(F)C(C)C.CCC(CC)[C@@](C)(F)CC.CCCC(C)(F)CCC.CCC[C@](C)(F)C(C(C)C)C(C)C.CCC[C@](C)(F)C(C)(CC)CC.CCC[C@](C)(F)C(CC)CC.CC[C@](C)(F)C(C(C)C)C(C)C. The molecule has 8 atom stereocenters. The second-order valence-electron chi connectivity index (χ2n) is 39.1. The first-order valence-corrected chi connectivity index (χ1v) is 46.4. The molecular weight excluding hydrogens is 1430 g/mol. The molecule has 0 aliphatic heterocycles. The van der Waals surface area contributed by atoms with Gasteiger partial charge in [0, 0.05) is 16.2 Å². The Bertz CT molecular complexity index is 1950. The summed E-state index contributed by atoms with van der Waals surface area (Å²) in [5, 5.41) is 0. The van der Waals surface area contributed by atoms with Crippen molar-refractivity contribution in [1.29, 1.82) is 0 Å². The Morgan fingerprint density at radius 1 is 0.212 bits per heavy atom. The van der Waals surface area contributed by atoms with Gasteiger partial charge in [-0.3, -0.25) is 0 Å². The molecule has 704 valence electrons. The second kappa shape index (κ2) is 67.8. The monoisotopic (exact) mass is 1650 g/mol. The molecule has 0 amide bonds. The van der Waals surface area contributed by atoms with Gasteiger partial charge in [-0.15, -0.1) is 0 Å². The van der Waals surface area contributed by atoms with Crippen molar-refractivity contribution in [3.8, 4) is 0 Å². The van der Waals surface area contributed by atoms with Gasteiger partial charge in [-0.05, 0) is 236 Å². The summed E-state index contributed by atoms with van der Waals surface area (Å²) in [5.74, 6) is 3.30. The van der Waals surface area contributed by atoms with Crippen molar-refractivity contribution >= 4 is 0 Å². The number of rotatable bonds is 41. The van der Waals surface area contributed by atoms with Crippen LogP contribution in [0, 0.1) is 93.2 Å². The molecule has 0 aliphatic carbocycles. The van der Waals surface area contributed by atoms with Gasteiger partial charge in [0.15, 0.2) is 0 Å². The maximum atomic E-state index is 14.3. The highest BCUT2D eigenvalue weighted by atomic mass is 19.2. The van der Waals surface area contributed by atoms with Gasteiger partial charge in [-0.25, -0.2) is 43.9 Å². The van der Waals surface area contributed by atoms with Crippen LogP contribution in [0.3, 0.4) is 0 Å². The van der Waals surface area contributed by atoms with Gasteiger partial charge in [0.25, 0.3) is 0 Å². The molecule has 0 heterocycles. The van der Waals surface area contributed by atoms with E-state index < -0.39 is 56.7 Å². The molecule has 0 aromatic heterocycles. The zero-order chi connectivity index (χ0) is 90.7. The fraction of sp³-hybridized carbons (Fsp3) is 1.00. The summed E-state index contributed by atoms with van der Waals surface area (Å²) in [6, 6.07) is 0. The zero-order valence-electron chi connectivity index (χ0n) is 84.5. The lowest BCUT2D eigenvalue weighted by Crippen LogP contribution is -2.43. The highest BCUT2D eigenvalue weighted by Gasteiger charge is 2.46. The van der Waals surface area contributed by atoms with E-state index >= 15 is 0 Å². The molecule has 0 fully saturated rings. The maximum Gasteiger partial charge on any atom is 0.115 e. The van der Waals surface area contributed by atoms with Gasteiger partial charge in [0.2, 0.25) is 0 Å². The Morgan fingerprint density at radius 3 is 0.584 bits per heavy atom. The lowest BCUT2D eigenvalue weighted by Gasteiger charge is -2.42. The summed E-state index contributed by atoms with van der Waals surface area (Å²) in [7, 11) is 0. The van der Waals surface area contributed by atoms with Crippen LogP contribution in [-0.4, -0.2) is 56.7 Å². The molecule has 0 bridgehead atoms. The largest absolute Gasteiger partial charge is 0.244 e. The van der Waals surface area contributed by atoms with Crippen LogP contribution < -0.4 is 0 Å². The minimum absolute atomic E-state index is 0. The maximum absolute atomic E-state index is 14.3. The quantitative estimate of drug-likeness (QED) is 0.0535. The van der Waals surface area contributed by atoms with Crippen LogP contribution in [0.5, 0.6) is 0 Å². The lowest BCUT2D eigenvalue weighted by atomic mass is 9.67. The van der Waals surface area contributed by atoms with Crippen molar-refractivity contribution in [2.24, 2.45) is 93.2 Å². The highest BCUT2D eigenvalue weighted by molar-refractivity contribution is 4.95. The lowest BCUT2D eigenvalue weighted by molar-refractivity contribution is -0.0267. The van der Waals surface area contributed by atoms with E-state index in [4.69, 9.17) is 0 Å². The van der Waals surface area contributed by atoms with Gasteiger partial charge in [0.1, 0.15) is 56.7 Å². The fourth-order valence-corrected chi connectivity index (χ4v) is 16.7. The third-order valence-electron chi connectivity index (χ3n) is 28.4. The van der Waals surface area contributed by atoms with Gasteiger partial charge >= 0.3 is 0 Å². The van der Waals surface area contributed by atoms with Crippen molar-refractivity contribution < 1.29 is 43.9 Å². The van der Waals surface area contributed by atoms with Crippen molar-refractivity contribution in [2.45, 2.75) is 579 Å². The van der Waals surface area contributed by atoms with E-state index in [2.05, 4.69) is 152 Å². The first-order valence-electron chi connectivity index (χ1n) is 46.4. The molecule has 0 radical (unpaired) electrons. The Labute approximate surface area is 712 Å². The standard InChI is InChI=1S/C12H25F.3C11H23F.3C10H21F.C9H19F.2C8H17F.3CH4/c1-7-8-12(6,13)11(9(2)3)10(4)5;1-7-10(5,8-2)11(6,12)9(3)4;1-7-11(6,12)10(8(2)3)9(4)5;1-6-9-11(5,12)10(4,7-2)8-3;1-6-9(4,7-2)10(5,11)8-3;1-6-9(7-2)10(5,11)8(3)4;1-5-8-10(4,11)9(6-2)7-3;1-5-8(6-2)9(4,10)7-3;1-6(2)8(5,9)7(3)4;1-4-6-8(3,9)7-5-2;;;/h9-11H,7-8H2,1-6H3;9H,7-8H2,1-6H3;8-10H,7H2,1-6H3;6-9H2,1-5H3;6-8H2,1-5H3;8-9H,6-7H2,1-5H3;9H,5-8H2,1-4H3;8H,5-7H2,1-4H3;6-7H,1-5H3;4-7H2,1-3H3;3*1H4/t12-;3*11-;3*10-;9-;;;;;/m00000000...../s1. The first-order chi connectivity index (χ1) is 49.5. The zero-order valence-corrected chi connectivity index (χ0v) is 84.5. The minimum Gasteiger partial charge on any atom is -0.244 e. The molecule has 0 aromatic carbocycles. The van der Waals surface area contributed by atoms with Crippen LogP contribution >= 0.6 is 0 Å². The van der Waals surface area contributed by atoms with Crippen LogP contribution in [0.4, 0.5) is 43.9 Å². The van der Waals surface area contributed by atoms with E-state index in [-0.39, 0.29) is 91.8 Å². The van der Waals surface area contributed by atoms with Gasteiger partial charge in [-0.1, -0.05) is 363 Å². The predicted octanol–water partition coefficient (Wildman–Crippen LogP) is 40.6. The van der Waals surface area contributed by atoms with Gasteiger partial charge in [-0.2, -0.15) is 0 Å². The highest BCUT2D eigenvalue weighted by Crippen LogP contribution is 2.47. The molecule has 0 spiro atoms.